The van der Waals surface area contributed by atoms with Gasteiger partial charge in [-0.3, -0.25) is 4.79 Å². The third kappa shape index (κ3) is 4.27. The molecule has 1 aliphatic heterocycles. The van der Waals surface area contributed by atoms with Gasteiger partial charge >= 0.3 is 0 Å². The topological polar surface area (TPSA) is 60.5 Å². The lowest BCUT2D eigenvalue weighted by atomic mass is 9.78. The van der Waals surface area contributed by atoms with Crippen LogP contribution >= 0.6 is 22.9 Å². The normalized spacial score (nSPS) is 16.4. The molecular formula is C24H23ClN2O3S. The molecule has 1 saturated carbocycles. The number of nitrogens with one attached hydrogen (secondary N) is 1. The number of carbonyl (C=O) groups is 1. The third-order valence-corrected chi connectivity index (χ3v) is 7.29. The van der Waals surface area contributed by atoms with Gasteiger partial charge in [0.2, 0.25) is 6.79 Å². The number of nitrogens with zero attached hydrogens (tertiary/aromatic N) is 1. The second-order valence-electron chi connectivity index (χ2n) is 8.17. The Kier molecular flexibility index (Phi) is 5.59. The highest BCUT2D eigenvalue weighted by molar-refractivity contribution is 7.09. The van der Waals surface area contributed by atoms with E-state index in [-0.39, 0.29) is 18.1 Å². The molecule has 1 amide bonds. The molecule has 5 nitrogen and oxygen atoms in total. The molecule has 3 aromatic rings. The lowest BCUT2D eigenvalue weighted by molar-refractivity contribution is 0.0938. The van der Waals surface area contributed by atoms with Crippen LogP contribution in [0.4, 0.5) is 0 Å². The molecule has 7 heteroatoms. The van der Waals surface area contributed by atoms with E-state index in [1.807, 2.05) is 35.7 Å². The highest BCUT2D eigenvalue weighted by Crippen LogP contribution is 2.44. The Hall–Kier alpha value is -2.57. The van der Waals surface area contributed by atoms with Crippen LogP contribution in [0.2, 0.25) is 5.02 Å². The number of thiazole rings is 1. The van der Waals surface area contributed by atoms with E-state index in [0.29, 0.717) is 23.7 Å². The summed E-state index contributed by atoms with van der Waals surface area (Å²) in [7, 11) is 0. The van der Waals surface area contributed by atoms with Crippen LogP contribution in [0.3, 0.4) is 0 Å². The summed E-state index contributed by atoms with van der Waals surface area (Å²) in [5.74, 6) is 1.46. The molecule has 0 spiro atoms. The van der Waals surface area contributed by atoms with Gasteiger partial charge in [0.1, 0.15) is 5.69 Å². The van der Waals surface area contributed by atoms with Gasteiger partial charge in [-0.05, 0) is 48.2 Å². The average molecular weight is 455 g/mol. The summed E-state index contributed by atoms with van der Waals surface area (Å²) in [5, 5.41) is 6.61. The zero-order valence-electron chi connectivity index (χ0n) is 17.0. The molecule has 1 aromatic heterocycles. The van der Waals surface area contributed by atoms with Gasteiger partial charge in [-0.25, -0.2) is 4.98 Å². The summed E-state index contributed by atoms with van der Waals surface area (Å²) in [6.45, 7) is 0.861. The number of ether oxygens (including phenoxy) is 2. The van der Waals surface area contributed by atoms with Crippen LogP contribution in [0.1, 0.15) is 52.3 Å². The summed E-state index contributed by atoms with van der Waals surface area (Å²) in [4.78, 5) is 17.4. The number of amides is 1. The molecule has 2 aromatic carbocycles. The van der Waals surface area contributed by atoms with Gasteiger partial charge in [0.15, 0.2) is 11.5 Å². The first-order valence-corrected chi connectivity index (χ1v) is 11.7. The fraction of sp³-hybridized carbons (Fsp3) is 0.333. The fourth-order valence-corrected chi connectivity index (χ4v) is 5.39. The first-order valence-electron chi connectivity index (χ1n) is 10.5. The molecule has 2 aliphatic rings. The van der Waals surface area contributed by atoms with Crippen molar-refractivity contribution in [3.05, 3.63) is 74.7 Å². The quantitative estimate of drug-likeness (QED) is 0.544. The van der Waals surface area contributed by atoms with E-state index in [0.717, 1.165) is 47.8 Å². The molecule has 0 bridgehead atoms. The highest BCUT2D eigenvalue weighted by Gasteiger charge is 2.37. The number of hydrogen-bond donors (Lipinski definition) is 1. The number of carbonyl (C=O) groups excluding carboxylic acids is 1. The van der Waals surface area contributed by atoms with Crippen molar-refractivity contribution in [3.63, 3.8) is 0 Å². The Morgan fingerprint density at radius 3 is 2.68 bits per heavy atom. The monoisotopic (exact) mass is 454 g/mol. The number of hydrogen-bond acceptors (Lipinski definition) is 5. The largest absolute Gasteiger partial charge is 0.454 e. The maximum atomic E-state index is 12.8. The SMILES string of the molecule is O=C(NCC1(c2ccc3c(c2)OCO3)CCCC1)c1csc(Cc2ccc(Cl)cc2)n1. The molecule has 160 valence electrons. The molecule has 1 aliphatic carbocycles. The van der Waals surface area contributed by atoms with Crippen LogP contribution in [-0.4, -0.2) is 24.2 Å². The summed E-state index contributed by atoms with van der Waals surface area (Å²) in [6.07, 6.45) is 5.10. The summed E-state index contributed by atoms with van der Waals surface area (Å²) < 4.78 is 11.0. The Bertz CT molecular complexity index is 1090. The fourth-order valence-electron chi connectivity index (χ4n) is 4.46. The smallest absolute Gasteiger partial charge is 0.270 e. The molecule has 0 saturated heterocycles. The minimum atomic E-state index is -0.120. The van der Waals surface area contributed by atoms with Gasteiger partial charge in [0, 0.05) is 28.8 Å². The van der Waals surface area contributed by atoms with Gasteiger partial charge < -0.3 is 14.8 Å². The predicted octanol–water partition coefficient (Wildman–Crippen LogP) is 5.36. The second kappa shape index (κ2) is 8.52. The average Bonchev–Trinajstić information content (AvgIpc) is 3.54. The molecule has 31 heavy (non-hydrogen) atoms. The van der Waals surface area contributed by atoms with Crippen LogP contribution in [0.25, 0.3) is 0 Å². The van der Waals surface area contributed by atoms with E-state index < -0.39 is 0 Å². The first-order chi connectivity index (χ1) is 15.1. The van der Waals surface area contributed by atoms with Crippen LogP contribution in [0, 0.1) is 0 Å². The van der Waals surface area contributed by atoms with Crippen molar-refractivity contribution in [2.24, 2.45) is 0 Å². The van der Waals surface area contributed by atoms with Gasteiger partial charge in [-0.15, -0.1) is 11.3 Å². The van der Waals surface area contributed by atoms with Crippen molar-refractivity contribution in [3.8, 4) is 11.5 Å². The molecule has 0 radical (unpaired) electrons. The molecule has 1 N–H and O–H groups in total. The van der Waals surface area contributed by atoms with Crippen LogP contribution in [0.15, 0.2) is 47.8 Å². The number of aromatic nitrogens is 1. The van der Waals surface area contributed by atoms with Crippen LogP contribution < -0.4 is 14.8 Å². The Morgan fingerprint density at radius 2 is 1.87 bits per heavy atom. The number of fused-ring (bicyclic) bond motifs is 1. The summed E-state index contributed by atoms with van der Waals surface area (Å²) in [5.41, 5.74) is 2.74. The zero-order valence-corrected chi connectivity index (χ0v) is 18.6. The molecule has 0 atom stereocenters. The van der Waals surface area contributed by atoms with E-state index in [1.54, 1.807) is 0 Å². The standard InChI is InChI=1S/C24H23ClN2O3S/c25-18-6-3-16(4-7-18)11-22-27-19(13-31-22)23(28)26-14-24(9-1-2-10-24)17-5-8-20-21(12-17)30-15-29-20/h3-8,12-13H,1-2,9-11,14-15H2,(H,26,28). The number of benzene rings is 2. The Labute approximate surface area is 190 Å². The number of rotatable bonds is 6. The van der Waals surface area contributed by atoms with Gasteiger partial charge in [-0.1, -0.05) is 42.6 Å². The zero-order chi connectivity index (χ0) is 21.3. The van der Waals surface area contributed by atoms with Gasteiger partial charge in [0.25, 0.3) is 5.91 Å². The lowest BCUT2D eigenvalue weighted by Crippen LogP contribution is -2.39. The Balaban J connectivity index is 1.27. The molecule has 5 rings (SSSR count). The number of halogens is 1. The van der Waals surface area contributed by atoms with E-state index in [2.05, 4.69) is 22.4 Å². The van der Waals surface area contributed by atoms with Gasteiger partial charge in [-0.2, -0.15) is 0 Å². The van der Waals surface area contributed by atoms with E-state index >= 15 is 0 Å². The lowest BCUT2D eigenvalue weighted by Gasteiger charge is -2.30. The van der Waals surface area contributed by atoms with Crippen molar-refractivity contribution < 1.29 is 14.3 Å². The predicted molar refractivity (Wildman–Crippen MR) is 121 cm³/mol. The van der Waals surface area contributed by atoms with E-state index in [1.165, 1.54) is 16.9 Å². The van der Waals surface area contributed by atoms with E-state index in [9.17, 15) is 4.79 Å². The van der Waals surface area contributed by atoms with Crippen molar-refractivity contribution in [2.45, 2.75) is 37.5 Å². The molecular weight excluding hydrogens is 432 g/mol. The minimum absolute atomic E-state index is 0.0706. The first kappa shape index (κ1) is 20.3. The Morgan fingerprint density at radius 1 is 1.10 bits per heavy atom. The summed E-state index contributed by atoms with van der Waals surface area (Å²) in [6, 6.07) is 13.9. The maximum Gasteiger partial charge on any atom is 0.270 e. The van der Waals surface area contributed by atoms with Crippen molar-refractivity contribution in [1.29, 1.82) is 0 Å². The van der Waals surface area contributed by atoms with Crippen LogP contribution in [-0.2, 0) is 11.8 Å². The van der Waals surface area contributed by atoms with Crippen molar-refractivity contribution in [1.82, 2.24) is 10.3 Å². The third-order valence-electron chi connectivity index (χ3n) is 6.19. The minimum Gasteiger partial charge on any atom is -0.454 e. The maximum absolute atomic E-state index is 12.8. The molecule has 2 heterocycles. The van der Waals surface area contributed by atoms with Gasteiger partial charge in [0.05, 0.1) is 5.01 Å². The second-order valence-corrected chi connectivity index (χ2v) is 9.55. The summed E-state index contributed by atoms with van der Waals surface area (Å²) >= 11 is 7.46. The van der Waals surface area contributed by atoms with Crippen molar-refractivity contribution in [2.75, 3.05) is 13.3 Å². The van der Waals surface area contributed by atoms with Crippen LogP contribution in [0.5, 0.6) is 11.5 Å². The molecule has 0 unspecified atom stereocenters. The molecule has 1 fully saturated rings. The van der Waals surface area contributed by atoms with Crippen molar-refractivity contribution >= 4 is 28.8 Å². The van der Waals surface area contributed by atoms with E-state index in [4.69, 9.17) is 21.1 Å². The highest BCUT2D eigenvalue weighted by atomic mass is 35.5.